The number of amides is 2. The van der Waals surface area contributed by atoms with Crippen molar-refractivity contribution < 1.29 is 19.1 Å². The Labute approximate surface area is 144 Å². The number of primary amides is 1. The second kappa shape index (κ2) is 7.53. The highest BCUT2D eigenvalue weighted by atomic mass is 16.6. The van der Waals surface area contributed by atoms with E-state index in [1.807, 2.05) is 20.8 Å². The molecular formula is C18H30N2O4. The number of carbonyl (C=O) groups is 3. The smallest absolute Gasteiger partial charge is 0.329 e. The number of hydrogen-bond acceptors (Lipinski definition) is 4. The minimum absolute atomic E-state index is 0.0356. The van der Waals surface area contributed by atoms with Gasteiger partial charge in [0.1, 0.15) is 11.6 Å². The van der Waals surface area contributed by atoms with Crippen molar-refractivity contribution in [1.82, 2.24) is 4.90 Å². The summed E-state index contributed by atoms with van der Waals surface area (Å²) in [6.07, 6.45) is 5.18. The molecule has 2 amide bonds. The first-order chi connectivity index (χ1) is 11.2. The van der Waals surface area contributed by atoms with Crippen LogP contribution < -0.4 is 5.73 Å². The van der Waals surface area contributed by atoms with Crippen molar-refractivity contribution in [3.8, 4) is 0 Å². The van der Waals surface area contributed by atoms with Gasteiger partial charge in [0, 0.05) is 18.4 Å². The summed E-state index contributed by atoms with van der Waals surface area (Å²) in [4.78, 5) is 38.4. The molecule has 24 heavy (non-hydrogen) atoms. The second-order valence-electron chi connectivity index (χ2n) is 8.03. The van der Waals surface area contributed by atoms with Crippen LogP contribution in [0.15, 0.2) is 0 Å². The molecule has 0 bridgehead atoms. The first-order valence-corrected chi connectivity index (χ1v) is 9.01. The van der Waals surface area contributed by atoms with Gasteiger partial charge in [0.2, 0.25) is 11.8 Å². The summed E-state index contributed by atoms with van der Waals surface area (Å²) >= 11 is 0. The zero-order valence-electron chi connectivity index (χ0n) is 15.0. The quantitative estimate of drug-likeness (QED) is 0.797. The minimum Gasteiger partial charge on any atom is -0.458 e. The van der Waals surface area contributed by atoms with Gasteiger partial charge in [0.15, 0.2) is 0 Å². The van der Waals surface area contributed by atoms with Gasteiger partial charge in [0.05, 0.1) is 0 Å². The number of esters is 1. The van der Waals surface area contributed by atoms with E-state index < -0.39 is 11.6 Å². The second-order valence-corrected chi connectivity index (χ2v) is 8.03. The van der Waals surface area contributed by atoms with Crippen LogP contribution in [0.3, 0.4) is 0 Å². The molecule has 1 heterocycles. The highest BCUT2D eigenvalue weighted by molar-refractivity contribution is 5.86. The molecule has 0 aromatic rings. The predicted octanol–water partition coefficient (Wildman–Crippen LogP) is 2.00. The van der Waals surface area contributed by atoms with Crippen molar-refractivity contribution in [2.45, 2.75) is 77.4 Å². The van der Waals surface area contributed by atoms with Gasteiger partial charge >= 0.3 is 5.97 Å². The monoisotopic (exact) mass is 338 g/mol. The average Bonchev–Trinajstić information content (AvgIpc) is 2.52. The van der Waals surface area contributed by atoms with Gasteiger partial charge in [-0.2, -0.15) is 0 Å². The Morgan fingerprint density at radius 3 is 2.08 bits per heavy atom. The van der Waals surface area contributed by atoms with Gasteiger partial charge in [-0.25, -0.2) is 4.79 Å². The lowest BCUT2D eigenvalue weighted by molar-refractivity contribution is -0.167. The summed E-state index contributed by atoms with van der Waals surface area (Å²) in [5.74, 6) is -0.763. The van der Waals surface area contributed by atoms with Crippen LogP contribution in [0.2, 0.25) is 0 Å². The molecular weight excluding hydrogens is 308 g/mol. The van der Waals surface area contributed by atoms with Crippen LogP contribution in [-0.2, 0) is 19.1 Å². The molecule has 2 aliphatic rings. The summed E-state index contributed by atoms with van der Waals surface area (Å²) in [5, 5.41) is 0. The fraction of sp³-hybridized carbons (Fsp3) is 0.833. The van der Waals surface area contributed by atoms with Crippen LogP contribution in [0.1, 0.15) is 65.7 Å². The van der Waals surface area contributed by atoms with E-state index in [0.717, 1.165) is 12.8 Å². The summed E-state index contributed by atoms with van der Waals surface area (Å²) in [6.45, 7) is 6.12. The molecule has 1 saturated heterocycles. The minimum atomic E-state index is -0.553. The number of likely N-dealkylation sites (tertiary alicyclic amines) is 1. The zero-order chi connectivity index (χ0) is 17.9. The normalized spacial score (nSPS) is 28.3. The lowest BCUT2D eigenvalue weighted by atomic mass is 9.80. The van der Waals surface area contributed by atoms with Crippen molar-refractivity contribution in [2.24, 2.45) is 17.6 Å². The van der Waals surface area contributed by atoms with Gasteiger partial charge in [-0.15, -0.1) is 0 Å². The van der Waals surface area contributed by atoms with Crippen molar-refractivity contribution in [3.05, 3.63) is 0 Å². The van der Waals surface area contributed by atoms with Crippen LogP contribution in [0, 0.1) is 11.8 Å². The number of rotatable bonds is 3. The molecule has 2 fully saturated rings. The molecule has 1 saturated carbocycles. The molecule has 2 rings (SSSR count). The third-order valence-corrected chi connectivity index (χ3v) is 4.94. The number of hydrogen-bond donors (Lipinski definition) is 1. The summed E-state index contributed by atoms with van der Waals surface area (Å²) < 4.78 is 5.50. The highest BCUT2D eigenvalue weighted by Gasteiger charge is 2.39. The van der Waals surface area contributed by atoms with Gasteiger partial charge in [0.25, 0.3) is 0 Å². The summed E-state index contributed by atoms with van der Waals surface area (Å²) in [6, 6.07) is -0.473. The molecule has 0 aromatic heterocycles. The lowest BCUT2D eigenvalue weighted by Gasteiger charge is -2.38. The Hall–Kier alpha value is -1.59. The molecule has 0 unspecified atom stereocenters. The number of piperidine rings is 1. The Balaban J connectivity index is 2.00. The van der Waals surface area contributed by atoms with E-state index >= 15 is 0 Å². The number of nitrogens with two attached hydrogens (primary N) is 1. The first-order valence-electron chi connectivity index (χ1n) is 9.01. The van der Waals surface area contributed by atoms with E-state index in [0.29, 0.717) is 38.6 Å². The summed E-state index contributed by atoms with van der Waals surface area (Å²) in [5.41, 5.74) is 4.80. The van der Waals surface area contributed by atoms with E-state index in [1.165, 1.54) is 0 Å². The maximum atomic E-state index is 12.9. The number of ether oxygens (including phenoxy) is 1. The van der Waals surface area contributed by atoms with Gasteiger partial charge < -0.3 is 15.4 Å². The van der Waals surface area contributed by atoms with Gasteiger partial charge in [-0.1, -0.05) is 0 Å². The topological polar surface area (TPSA) is 89.7 Å². The van der Waals surface area contributed by atoms with Crippen molar-refractivity contribution >= 4 is 17.8 Å². The maximum absolute atomic E-state index is 12.9. The van der Waals surface area contributed by atoms with Crippen LogP contribution in [-0.4, -0.2) is 40.9 Å². The Bertz CT molecular complexity index is 490. The number of nitrogens with zero attached hydrogens (tertiary/aromatic N) is 1. The van der Waals surface area contributed by atoms with E-state index in [9.17, 15) is 14.4 Å². The Morgan fingerprint density at radius 1 is 0.958 bits per heavy atom. The van der Waals surface area contributed by atoms with Crippen LogP contribution >= 0.6 is 0 Å². The highest BCUT2D eigenvalue weighted by Crippen LogP contribution is 2.32. The van der Waals surface area contributed by atoms with E-state index in [1.54, 1.807) is 4.90 Å². The molecule has 0 aromatic carbocycles. The predicted molar refractivity (Wildman–Crippen MR) is 89.8 cm³/mol. The maximum Gasteiger partial charge on any atom is 0.329 e. The molecule has 0 spiro atoms. The standard InChI is InChI=1S/C18H30N2O4/c1-18(2,3)24-17(23)14-6-4-5-11-20(14)16(22)13-9-7-12(8-10-13)15(19)21/h12-14H,4-11H2,1-3H3,(H2,19,21)/t12?,13?,14-/m0/s1. The van der Waals surface area contributed by atoms with E-state index in [4.69, 9.17) is 10.5 Å². The zero-order valence-corrected chi connectivity index (χ0v) is 15.0. The molecule has 6 heteroatoms. The van der Waals surface area contributed by atoms with Crippen LogP contribution in [0.25, 0.3) is 0 Å². The molecule has 0 radical (unpaired) electrons. The molecule has 136 valence electrons. The Kier molecular flexibility index (Phi) is 5.88. The SMILES string of the molecule is CC(C)(C)OC(=O)[C@@H]1CCCCN1C(=O)C1CCC(C(N)=O)CC1. The molecule has 1 atom stereocenters. The number of carbonyl (C=O) groups excluding carboxylic acids is 3. The van der Waals surface area contributed by atoms with Gasteiger partial charge in [-0.3, -0.25) is 9.59 Å². The lowest BCUT2D eigenvalue weighted by Crippen LogP contribution is -2.52. The average molecular weight is 338 g/mol. The van der Waals surface area contributed by atoms with Crippen molar-refractivity contribution in [3.63, 3.8) is 0 Å². The van der Waals surface area contributed by atoms with Crippen LogP contribution in [0.4, 0.5) is 0 Å². The van der Waals surface area contributed by atoms with E-state index in [-0.39, 0.29) is 29.6 Å². The van der Waals surface area contributed by atoms with Crippen molar-refractivity contribution in [1.29, 1.82) is 0 Å². The van der Waals surface area contributed by atoms with Crippen LogP contribution in [0.5, 0.6) is 0 Å². The molecule has 6 nitrogen and oxygen atoms in total. The first kappa shape index (κ1) is 18.7. The van der Waals surface area contributed by atoms with Gasteiger partial charge in [-0.05, 0) is 65.7 Å². The fourth-order valence-corrected chi connectivity index (χ4v) is 3.67. The largest absolute Gasteiger partial charge is 0.458 e. The third kappa shape index (κ3) is 4.71. The summed E-state index contributed by atoms with van der Waals surface area (Å²) in [7, 11) is 0. The van der Waals surface area contributed by atoms with Crippen molar-refractivity contribution in [2.75, 3.05) is 6.54 Å². The third-order valence-electron chi connectivity index (χ3n) is 4.94. The molecule has 1 aliphatic carbocycles. The Morgan fingerprint density at radius 2 is 1.54 bits per heavy atom. The molecule has 2 N–H and O–H groups in total. The molecule has 1 aliphatic heterocycles. The fourth-order valence-electron chi connectivity index (χ4n) is 3.67. The van der Waals surface area contributed by atoms with E-state index in [2.05, 4.69) is 0 Å².